The minimum absolute atomic E-state index is 0.918. The van der Waals surface area contributed by atoms with Crippen LogP contribution in [0.15, 0.2) is 60.7 Å². The quantitative estimate of drug-likeness (QED) is 0.624. The molecule has 0 radical (unpaired) electrons. The highest BCUT2D eigenvalue weighted by atomic mass is 32.9. The summed E-state index contributed by atoms with van der Waals surface area (Å²) in [6.07, 6.45) is 1.84. The molecule has 88 valence electrons. The Morgan fingerprint density at radius 3 is 1.47 bits per heavy atom. The molecule has 2 aromatic rings. The Morgan fingerprint density at radius 2 is 1.12 bits per heavy atom. The van der Waals surface area contributed by atoms with Gasteiger partial charge in [0.25, 0.3) is 0 Å². The van der Waals surface area contributed by atoms with Gasteiger partial charge in [-0.1, -0.05) is 72.5 Å². The Morgan fingerprint density at radius 1 is 0.765 bits per heavy atom. The molecule has 0 aliphatic rings. The van der Waals surface area contributed by atoms with Crippen LogP contribution in [0, 0.1) is 0 Å². The van der Waals surface area contributed by atoms with Crippen LogP contribution >= 0.6 is 17.5 Å². The van der Waals surface area contributed by atoms with E-state index >= 15 is 0 Å². The molecule has 0 atom stereocenters. The van der Waals surface area contributed by atoms with Crippen LogP contribution in [0.25, 0.3) is 0 Å². The van der Waals surface area contributed by atoms with Gasteiger partial charge in [-0.05, 0) is 11.1 Å². The van der Waals surface area contributed by atoms with Gasteiger partial charge in [-0.3, -0.25) is 0 Å². The van der Waals surface area contributed by atoms with Gasteiger partial charge in [0.1, 0.15) is 0 Å². The van der Waals surface area contributed by atoms with Crippen molar-refractivity contribution in [3.63, 3.8) is 0 Å². The van der Waals surface area contributed by atoms with Crippen molar-refractivity contribution < 1.29 is 0 Å². The van der Waals surface area contributed by atoms with E-state index in [0.717, 1.165) is 12.3 Å². The molecule has 0 saturated carbocycles. The van der Waals surface area contributed by atoms with E-state index in [1.807, 2.05) is 12.1 Å². The first-order chi connectivity index (χ1) is 8.16. The molecule has 17 heavy (non-hydrogen) atoms. The maximum Gasteiger partial charge on any atom is 0.0118 e. The highest BCUT2D eigenvalue weighted by Gasteiger charge is 2.13. The maximum atomic E-state index is 5.68. The number of benzene rings is 2. The summed E-state index contributed by atoms with van der Waals surface area (Å²) in [5.74, 6) is 0. The average molecular weight is 278 g/mol. The first kappa shape index (κ1) is 12.9. The molecule has 0 amide bonds. The molecule has 0 aromatic heterocycles. The lowest BCUT2D eigenvalue weighted by Crippen LogP contribution is -1.88. The SMILES string of the molecule is S=P(S)(Cc1ccccc1)Cc1ccccc1. The van der Waals surface area contributed by atoms with E-state index in [9.17, 15) is 0 Å². The van der Waals surface area contributed by atoms with Crippen LogP contribution in [0.3, 0.4) is 0 Å². The summed E-state index contributed by atoms with van der Waals surface area (Å²) in [6.45, 7) is 0. The van der Waals surface area contributed by atoms with Gasteiger partial charge < -0.3 is 0 Å². The summed E-state index contributed by atoms with van der Waals surface area (Å²) >= 11 is 10.4. The van der Waals surface area contributed by atoms with Crippen molar-refractivity contribution in [2.24, 2.45) is 0 Å². The monoisotopic (exact) mass is 278 g/mol. The van der Waals surface area contributed by atoms with Crippen LogP contribution in [-0.2, 0) is 24.1 Å². The topological polar surface area (TPSA) is 0 Å². The standard InChI is InChI=1S/C14H15PS2/c16-15(17,11-13-7-3-1-4-8-13)12-14-9-5-2-6-10-14/h1-10H,11-12H2,(H,16,17). The normalized spacial score (nSPS) is 11.4. The fourth-order valence-corrected chi connectivity index (χ4v) is 5.34. The summed E-state index contributed by atoms with van der Waals surface area (Å²) in [5, 5.41) is -1.61. The van der Waals surface area contributed by atoms with E-state index in [-0.39, 0.29) is 0 Å². The Balaban J connectivity index is 2.07. The Hall–Kier alpha value is -0.560. The molecule has 0 spiro atoms. The number of rotatable bonds is 4. The third-order valence-electron chi connectivity index (χ3n) is 2.54. The zero-order valence-electron chi connectivity index (χ0n) is 9.49. The van der Waals surface area contributed by atoms with E-state index in [4.69, 9.17) is 24.1 Å². The van der Waals surface area contributed by atoms with Crippen molar-refractivity contribution in [1.82, 2.24) is 0 Å². The second kappa shape index (κ2) is 5.86. The number of hydrogen-bond acceptors (Lipinski definition) is 1. The predicted molar refractivity (Wildman–Crippen MR) is 83.6 cm³/mol. The second-order valence-corrected chi connectivity index (χ2v) is 11.7. The predicted octanol–water partition coefficient (Wildman–Crippen LogP) is 4.71. The first-order valence-corrected chi connectivity index (χ1v) is 9.87. The van der Waals surface area contributed by atoms with E-state index < -0.39 is 5.24 Å². The van der Waals surface area contributed by atoms with Gasteiger partial charge in [0.2, 0.25) is 0 Å². The molecular weight excluding hydrogens is 263 g/mol. The van der Waals surface area contributed by atoms with Crippen molar-refractivity contribution in [3.05, 3.63) is 71.8 Å². The molecule has 0 aliphatic carbocycles. The van der Waals surface area contributed by atoms with Gasteiger partial charge in [0.15, 0.2) is 0 Å². The Labute approximate surface area is 113 Å². The molecular formula is C14H15PS2. The first-order valence-electron chi connectivity index (χ1n) is 5.54. The highest BCUT2D eigenvalue weighted by molar-refractivity contribution is 8.62. The average Bonchev–Trinajstić information content (AvgIpc) is 2.30. The van der Waals surface area contributed by atoms with Gasteiger partial charge in [0.05, 0.1) is 0 Å². The highest BCUT2D eigenvalue weighted by Crippen LogP contribution is 2.56. The van der Waals surface area contributed by atoms with Crippen LogP contribution in [0.2, 0.25) is 0 Å². The van der Waals surface area contributed by atoms with Crippen molar-refractivity contribution in [3.8, 4) is 0 Å². The number of hydrogen-bond donors (Lipinski definition) is 1. The van der Waals surface area contributed by atoms with E-state index in [1.165, 1.54) is 11.1 Å². The fourth-order valence-electron chi connectivity index (χ4n) is 1.79. The molecule has 0 nitrogen and oxygen atoms in total. The molecule has 2 aromatic carbocycles. The van der Waals surface area contributed by atoms with Crippen LogP contribution in [0.1, 0.15) is 11.1 Å². The largest absolute Gasteiger partial charge is 0.140 e. The van der Waals surface area contributed by atoms with Crippen molar-refractivity contribution in [2.75, 3.05) is 0 Å². The fraction of sp³-hybridized carbons (Fsp3) is 0.143. The third-order valence-corrected chi connectivity index (χ3v) is 5.89. The molecule has 0 fully saturated rings. The van der Waals surface area contributed by atoms with Gasteiger partial charge >= 0.3 is 0 Å². The second-order valence-electron chi connectivity index (χ2n) is 4.13. The maximum absolute atomic E-state index is 5.68. The molecule has 2 rings (SSSR count). The summed E-state index contributed by atoms with van der Waals surface area (Å²) in [4.78, 5) is 0. The van der Waals surface area contributed by atoms with Crippen LogP contribution < -0.4 is 0 Å². The lowest BCUT2D eigenvalue weighted by Gasteiger charge is -2.15. The Bertz CT molecular complexity index is 463. The smallest absolute Gasteiger partial charge is 0.0118 e. The molecule has 0 saturated heterocycles. The zero-order valence-corrected chi connectivity index (χ0v) is 12.1. The van der Waals surface area contributed by atoms with Crippen molar-refractivity contribution in [2.45, 2.75) is 12.3 Å². The van der Waals surface area contributed by atoms with E-state index in [0.29, 0.717) is 0 Å². The summed E-state index contributed by atoms with van der Waals surface area (Å²) < 4.78 is 0. The van der Waals surface area contributed by atoms with Gasteiger partial charge in [0, 0.05) is 17.6 Å². The molecule has 0 unspecified atom stereocenters. The summed E-state index contributed by atoms with van der Waals surface area (Å²) in [5.41, 5.74) is 2.59. The van der Waals surface area contributed by atoms with Crippen LogP contribution in [0.4, 0.5) is 0 Å². The third kappa shape index (κ3) is 4.31. The van der Waals surface area contributed by atoms with E-state index in [2.05, 4.69) is 48.5 Å². The molecule has 0 bridgehead atoms. The lowest BCUT2D eigenvalue weighted by molar-refractivity contribution is 1.34. The molecule has 0 aliphatic heterocycles. The minimum atomic E-state index is -1.61. The van der Waals surface area contributed by atoms with Crippen molar-refractivity contribution in [1.29, 1.82) is 0 Å². The summed E-state index contributed by atoms with van der Waals surface area (Å²) in [6, 6.07) is 20.8. The van der Waals surface area contributed by atoms with Gasteiger partial charge in [-0.15, -0.1) is 12.2 Å². The lowest BCUT2D eigenvalue weighted by atomic mass is 10.2. The van der Waals surface area contributed by atoms with E-state index in [1.54, 1.807) is 0 Å². The zero-order chi connectivity index (χ0) is 12.1. The van der Waals surface area contributed by atoms with Crippen LogP contribution in [-0.4, -0.2) is 0 Å². The van der Waals surface area contributed by atoms with Crippen molar-refractivity contribution >= 4 is 29.3 Å². The summed E-state index contributed by atoms with van der Waals surface area (Å²) in [7, 11) is 0. The molecule has 3 heteroatoms. The molecule has 0 heterocycles. The number of thiol groups is 1. The minimum Gasteiger partial charge on any atom is -0.140 e. The Kier molecular flexibility index (Phi) is 4.44. The van der Waals surface area contributed by atoms with Gasteiger partial charge in [-0.2, -0.15) is 0 Å². The molecule has 0 N–H and O–H groups in total. The van der Waals surface area contributed by atoms with Crippen LogP contribution in [0.5, 0.6) is 0 Å². The van der Waals surface area contributed by atoms with Gasteiger partial charge in [-0.25, -0.2) is 0 Å².